The topological polar surface area (TPSA) is 109 Å². The van der Waals surface area contributed by atoms with Crippen molar-refractivity contribution in [3.05, 3.63) is 48.9 Å². The number of benzene rings is 1. The van der Waals surface area contributed by atoms with Gasteiger partial charge in [0.15, 0.2) is 0 Å². The predicted molar refractivity (Wildman–Crippen MR) is 136 cm³/mol. The molecule has 0 bridgehead atoms. The van der Waals surface area contributed by atoms with Crippen molar-refractivity contribution >= 4 is 29.3 Å². The molecule has 1 aliphatic carbocycles. The van der Waals surface area contributed by atoms with Crippen LogP contribution in [0.5, 0.6) is 0 Å². The molecule has 9 heteroatoms. The van der Waals surface area contributed by atoms with Gasteiger partial charge < -0.3 is 10.6 Å². The molecule has 1 aromatic carbocycles. The minimum atomic E-state index is -0.873. The second kappa shape index (κ2) is 9.04. The van der Waals surface area contributed by atoms with Gasteiger partial charge in [-0.3, -0.25) is 18.9 Å². The molecule has 2 N–H and O–H groups in total. The van der Waals surface area contributed by atoms with Gasteiger partial charge in [-0.1, -0.05) is 39.3 Å². The number of aromatic nitrogens is 3. The van der Waals surface area contributed by atoms with Crippen LogP contribution in [0.2, 0.25) is 0 Å². The highest BCUT2D eigenvalue weighted by molar-refractivity contribution is 6.10. The number of rotatable bonds is 6. The summed E-state index contributed by atoms with van der Waals surface area (Å²) in [4.78, 5) is 48.4. The van der Waals surface area contributed by atoms with Crippen molar-refractivity contribution in [3.8, 4) is 11.3 Å². The number of nitrogens with zero attached hydrogens (tertiary/aromatic N) is 4. The predicted octanol–water partition coefficient (Wildman–Crippen LogP) is 4.25. The highest BCUT2D eigenvalue weighted by Gasteiger charge is 2.53. The van der Waals surface area contributed by atoms with Gasteiger partial charge in [0.1, 0.15) is 12.1 Å². The number of urea groups is 1. The monoisotopic (exact) mass is 488 g/mol. The summed E-state index contributed by atoms with van der Waals surface area (Å²) in [5.74, 6) is 0.431. The van der Waals surface area contributed by atoms with Crippen molar-refractivity contribution in [1.82, 2.24) is 24.6 Å². The average molecular weight is 489 g/mol. The van der Waals surface area contributed by atoms with Gasteiger partial charge in [0.05, 0.1) is 5.69 Å². The lowest BCUT2D eigenvalue weighted by Crippen LogP contribution is -2.51. The average Bonchev–Trinajstić information content (AvgIpc) is 3.40. The van der Waals surface area contributed by atoms with Crippen molar-refractivity contribution in [1.29, 1.82) is 0 Å². The van der Waals surface area contributed by atoms with Crippen LogP contribution in [-0.4, -0.2) is 49.2 Å². The first-order chi connectivity index (χ1) is 17.2. The molecule has 3 heterocycles. The largest absolute Gasteiger partial charge is 0.325 e. The van der Waals surface area contributed by atoms with Gasteiger partial charge in [-0.05, 0) is 55.2 Å². The zero-order chi connectivity index (χ0) is 25.5. The van der Waals surface area contributed by atoms with Gasteiger partial charge in [0, 0.05) is 29.8 Å². The first-order valence-electron chi connectivity index (χ1n) is 12.5. The van der Waals surface area contributed by atoms with Gasteiger partial charge in [0.25, 0.3) is 5.91 Å². The normalized spacial score (nSPS) is 22.3. The Bertz CT molecular complexity index is 1270. The van der Waals surface area contributed by atoms with E-state index in [0.29, 0.717) is 30.2 Å². The second-order valence-corrected chi connectivity index (χ2v) is 10.6. The van der Waals surface area contributed by atoms with E-state index < -0.39 is 17.5 Å². The van der Waals surface area contributed by atoms with E-state index in [2.05, 4.69) is 41.4 Å². The quantitative estimate of drug-likeness (QED) is 0.504. The molecular formula is C27H32N6O3. The molecule has 2 aliphatic rings. The number of hydrogen-bond acceptors (Lipinski definition) is 5. The first kappa shape index (κ1) is 24.0. The van der Waals surface area contributed by atoms with Crippen LogP contribution in [0.25, 0.3) is 17.0 Å². The van der Waals surface area contributed by atoms with E-state index in [-0.39, 0.29) is 17.9 Å². The number of hydrogen-bond donors (Lipinski definition) is 2. The Morgan fingerprint density at radius 1 is 1.19 bits per heavy atom. The molecule has 3 aromatic rings. The smallest absolute Gasteiger partial charge is 0.325 e. The van der Waals surface area contributed by atoms with E-state index in [1.54, 1.807) is 18.3 Å². The zero-order valence-corrected chi connectivity index (χ0v) is 21.0. The van der Waals surface area contributed by atoms with Gasteiger partial charge in [-0.15, -0.1) is 0 Å². The molecule has 2 fully saturated rings. The van der Waals surface area contributed by atoms with Crippen LogP contribution in [0, 0.1) is 11.3 Å². The minimum Gasteiger partial charge on any atom is -0.325 e. The highest BCUT2D eigenvalue weighted by Crippen LogP contribution is 2.45. The van der Waals surface area contributed by atoms with E-state index in [4.69, 9.17) is 0 Å². The molecule has 1 saturated carbocycles. The zero-order valence-electron chi connectivity index (χ0n) is 21.0. The molecule has 9 nitrogen and oxygen atoms in total. The molecule has 0 radical (unpaired) electrons. The lowest BCUT2D eigenvalue weighted by molar-refractivity contribution is -0.135. The lowest BCUT2D eigenvalue weighted by atomic mass is 9.65. The summed E-state index contributed by atoms with van der Waals surface area (Å²) in [6, 6.07) is 8.61. The number of amides is 4. The van der Waals surface area contributed by atoms with Crippen LogP contribution >= 0.6 is 0 Å². The van der Waals surface area contributed by atoms with Crippen molar-refractivity contribution in [2.45, 2.75) is 58.4 Å². The maximum absolute atomic E-state index is 13.2. The summed E-state index contributed by atoms with van der Waals surface area (Å²) >= 11 is 0. The maximum Gasteiger partial charge on any atom is 0.325 e. The number of imide groups is 1. The lowest BCUT2D eigenvalue weighted by Gasteiger charge is -2.42. The Morgan fingerprint density at radius 2 is 1.92 bits per heavy atom. The first-order valence-corrected chi connectivity index (χ1v) is 12.5. The third-order valence-electron chi connectivity index (χ3n) is 8.10. The Balaban J connectivity index is 1.20. The van der Waals surface area contributed by atoms with Crippen molar-refractivity contribution in [2.75, 3.05) is 11.9 Å². The molecule has 5 rings (SSSR count). The fourth-order valence-corrected chi connectivity index (χ4v) is 5.38. The summed E-state index contributed by atoms with van der Waals surface area (Å²) in [6.45, 7) is 6.42. The molecule has 1 spiro atoms. The third-order valence-corrected chi connectivity index (χ3v) is 8.10. The summed E-state index contributed by atoms with van der Waals surface area (Å²) in [7, 11) is 0. The van der Waals surface area contributed by atoms with Crippen LogP contribution in [0.4, 0.5) is 10.5 Å². The van der Waals surface area contributed by atoms with Gasteiger partial charge in [-0.25, -0.2) is 14.8 Å². The summed E-state index contributed by atoms with van der Waals surface area (Å²) in [5, 5.41) is 5.70. The number of fused-ring (bicyclic) bond motifs is 1. The number of anilines is 1. The Kier molecular flexibility index (Phi) is 6.02. The number of imidazole rings is 1. The van der Waals surface area contributed by atoms with Crippen LogP contribution in [-0.2, 0) is 9.59 Å². The minimum absolute atomic E-state index is 0.213. The maximum atomic E-state index is 13.2. The fraction of sp³-hybridized carbons (Fsp3) is 0.444. The molecule has 36 heavy (non-hydrogen) atoms. The molecule has 188 valence electrons. The number of carbonyl (C=O) groups excluding carboxylic acids is 3. The van der Waals surface area contributed by atoms with Crippen LogP contribution in [0.1, 0.15) is 52.9 Å². The molecule has 2 aromatic heterocycles. The second-order valence-electron chi connectivity index (χ2n) is 10.6. The molecule has 1 aliphatic heterocycles. The Morgan fingerprint density at radius 3 is 2.58 bits per heavy atom. The van der Waals surface area contributed by atoms with Gasteiger partial charge in [0.2, 0.25) is 11.7 Å². The summed E-state index contributed by atoms with van der Waals surface area (Å²) < 4.78 is 1.84. The highest BCUT2D eigenvalue weighted by atomic mass is 16.2. The molecule has 1 saturated heterocycles. The van der Waals surface area contributed by atoms with E-state index >= 15 is 0 Å². The van der Waals surface area contributed by atoms with E-state index in [1.807, 2.05) is 35.0 Å². The SMILES string of the molecule is CCC(C)(C)C1CCC2(CC1)NC(=O)N(CC(=O)Nc1ccc(-c3cn4cccnc4n3)cc1)C2=O. The van der Waals surface area contributed by atoms with Crippen molar-refractivity contribution in [3.63, 3.8) is 0 Å². The van der Waals surface area contributed by atoms with E-state index in [1.165, 1.54) is 0 Å². The number of nitrogens with one attached hydrogen (secondary N) is 2. The third kappa shape index (κ3) is 4.34. The fourth-order valence-electron chi connectivity index (χ4n) is 5.38. The Hall–Kier alpha value is -3.75. The summed E-state index contributed by atoms with van der Waals surface area (Å²) in [5.41, 5.74) is 1.58. The molecule has 0 atom stereocenters. The van der Waals surface area contributed by atoms with Crippen LogP contribution < -0.4 is 10.6 Å². The molecule has 0 unspecified atom stereocenters. The van der Waals surface area contributed by atoms with E-state index in [9.17, 15) is 14.4 Å². The van der Waals surface area contributed by atoms with Crippen LogP contribution in [0.3, 0.4) is 0 Å². The van der Waals surface area contributed by atoms with Gasteiger partial charge in [-0.2, -0.15) is 0 Å². The van der Waals surface area contributed by atoms with Crippen molar-refractivity contribution < 1.29 is 14.4 Å². The summed E-state index contributed by atoms with van der Waals surface area (Å²) in [6.07, 6.45) is 9.55. The van der Waals surface area contributed by atoms with Crippen LogP contribution in [0.15, 0.2) is 48.9 Å². The van der Waals surface area contributed by atoms with E-state index in [0.717, 1.165) is 35.4 Å². The van der Waals surface area contributed by atoms with Gasteiger partial charge >= 0.3 is 6.03 Å². The standard InChI is InChI=1S/C27H32N6O3/c1-4-26(2,3)19-10-12-27(13-11-19)23(35)33(25(36)31-27)17-22(34)29-20-8-6-18(7-9-20)21-16-32-15-5-14-28-24(32)30-21/h5-9,14-16,19H,4,10-13,17H2,1-3H3,(H,29,34)(H,31,36). The Labute approximate surface area is 210 Å². The van der Waals surface area contributed by atoms with Crippen molar-refractivity contribution in [2.24, 2.45) is 11.3 Å². The molecule has 4 amide bonds. The molecular weight excluding hydrogens is 456 g/mol. The number of carbonyl (C=O) groups is 3.